The Labute approximate surface area is 121 Å². The Morgan fingerprint density at radius 1 is 1.29 bits per heavy atom. The van der Waals surface area contributed by atoms with Crippen LogP contribution in [0.3, 0.4) is 0 Å². The minimum atomic E-state index is -5.08. The largest absolute Gasteiger partial charge is 0.490 e. The molecule has 0 spiro atoms. The van der Waals surface area contributed by atoms with E-state index >= 15 is 0 Å². The number of alkyl halides is 3. The zero-order valence-corrected chi connectivity index (χ0v) is 12.3. The van der Waals surface area contributed by atoms with Gasteiger partial charge in [-0.05, 0) is 31.6 Å². The number of halogens is 3. The molecule has 0 aliphatic heterocycles. The SMILES string of the molecule is CS(=O)(=O)CC(O)C1CCC(N)CC1.O=C(O)C(F)(F)F. The van der Waals surface area contributed by atoms with E-state index in [0.717, 1.165) is 31.9 Å². The van der Waals surface area contributed by atoms with Crippen LogP contribution < -0.4 is 5.73 Å². The third-order valence-electron chi connectivity index (χ3n) is 3.08. The highest BCUT2D eigenvalue weighted by molar-refractivity contribution is 7.90. The van der Waals surface area contributed by atoms with E-state index in [2.05, 4.69) is 0 Å². The van der Waals surface area contributed by atoms with Crippen molar-refractivity contribution >= 4 is 15.8 Å². The molecule has 1 fully saturated rings. The van der Waals surface area contributed by atoms with Crippen molar-refractivity contribution < 1.29 is 36.6 Å². The number of nitrogens with two attached hydrogens (primary N) is 1. The molecule has 0 aromatic carbocycles. The maximum Gasteiger partial charge on any atom is 0.490 e. The molecule has 1 aliphatic rings. The Kier molecular flexibility index (Phi) is 7.62. The van der Waals surface area contributed by atoms with E-state index in [-0.39, 0.29) is 17.7 Å². The molecule has 0 aromatic rings. The van der Waals surface area contributed by atoms with Crippen molar-refractivity contribution in [2.45, 2.75) is 44.0 Å². The lowest BCUT2D eigenvalue weighted by atomic mass is 9.83. The number of aliphatic carboxylic acids is 1. The molecule has 4 N–H and O–H groups in total. The normalized spacial score (nSPS) is 24.7. The Balaban J connectivity index is 0.000000486. The highest BCUT2D eigenvalue weighted by atomic mass is 32.2. The van der Waals surface area contributed by atoms with Crippen molar-refractivity contribution in [3.05, 3.63) is 0 Å². The van der Waals surface area contributed by atoms with E-state index in [4.69, 9.17) is 15.6 Å². The van der Waals surface area contributed by atoms with Crippen LogP contribution in [0.4, 0.5) is 13.2 Å². The van der Waals surface area contributed by atoms with Gasteiger partial charge in [0.1, 0.15) is 9.84 Å². The molecular formula is C11H20F3NO5S. The summed E-state index contributed by atoms with van der Waals surface area (Å²) in [4.78, 5) is 8.90. The van der Waals surface area contributed by atoms with Gasteiger partial charge in [-0.15, -0.1) is 0 Å². The van der Waals surface area contributed by atoms with Crippen LogP contribution in [0, 0.1) is 5.92 Å². The number of sulfone groups is 1. The van der Waals surface area contributed by atoms with Crippen LogP contribution in [0.5, 0.6) is 0 Å². The number of carboxylic acids is 1. The fourth-order valence-electron chi connectivity index (χ4n) is 1.98. The van der Waals surface area contributed by atoms with Gasteiger partial charge in [0.2, 0.25) is 0 Å². The molecule has 1 atom stereocenters. The lowest BCUT2D eigenvalue weighted by Gasteiger charge is -2.29. The second-order valence-corrected chi connectivity index (χ2v) is 7.32. The first-order valence-electron chi connectivity index (χ1n) is 6.24. The minimum Gasteiger partial charge on any atom is -0.475 e. The molecule has 1 saturated carbocycles. The van der Waals surface area contributed by atoms with Gasteiger partial charge in [-0.3, -0.25) is 0 Å². The molecule has 0 heterocycles. The fraction of sp³-hybridized carbons (Fsp3) is 0.909. The molecule has 0 saturated heterocycles. The van der Waals surface area contributed by atoms with Crippen LogP contribution in [0.25, 0.3) is 0 Å². The molecule has 0 amide bonds. The fourth-order valence-corrected chi connectivity index (χ4v) is 2.87. The van der Waals surface area contributed by atoms with Gasteiger partial charge in [0, 0.05) is 12.3 Å². The molecule has 126 valence electrons. The Morgan fingerprint density at radius 3 is 1.95 bits per heavy atom. The summed E-state index contributed by atoms with van der Waals surface area (Å²) in [5, 5.41) is 16.8. The topological polar surface area (TPSA) is 118 Å². The molecular weight excluding hydrogens is 315 g/mol. The monoisotopic (exact) mass is 335 g/mol. The molecule has 1 unspecified atom stereocenters. The first kappa shape index (κ1) is 20.1. The second-order valence-electron chi connectivity index (χ2n) is 5.14. The van der Waals surface area contributed by atoms with Crippen LogP contribution in [0.1, 0.15) is 25.7 Å². The van der Waals surface area contributed by atoms with Gasteiger partial charge in [-0.1, -0.05) is 0 Å². The zero-order chi connectivity index (χ0) is 16.8. The maximum absolute atomic E-state index is 11.0. The van der Waals surface area contributed by atoms with Crippen LogP contribution in [0.15, 0.2) is 0 Å². The number of hydrogen-bond acceptors (Lipinski definition) is 5. The van der Waals surface area contributed by atoms with Crippen molar-refractivity contribution in [3.8, 4) is 0 Å². The van der Waals surface area contributed by atoms with Gasteiger partial charge < -0.3 is 15.9 Å². The molecule has 6 nitrogen and oxygen atoms in total. The minimum absolute atomic E-state index is 0.115. The molecule has 1 aliphatic carbocycles. The summed E-state index contributed by atoms with van der Waals surface area (Å²) in [7, 11) is -3.07. The van der Waals surface area contributed by atoms with E-state index in [1.807, 2.05) is 0 Å². The summed E-state index contributed by atoms with van der Waals surface area (Å²) in [5.41, 5.74) is 5.72. The lowest BCUT2D eigenvalue weighted by molar-refractivity contribution is -0.192. The summed E-state index contributed by atoms with van der Waals surface area (Å²) < 4.78 is 53.7. The number of carboxylic acid groups (broad SMARTS) is 1. The third-order valence-corrected chi connectivity index (χ3v) is 4.02. The van der Waals surface area contributed by atoms with Crippen LogP contribution in [-0.4, -0.2) is 54.9 Å². The van der Waals surface area contributed by atoms with Crippen molar-refractivity contribution in [2.24, 2.45) is 11.7 Å². The Bertz CT molecular complexity index is 430. The number of aliphatic hydroxyl groups is 1. The van der Waals surface area contributed by atoms with Gasteiger partial charge in [0.15, 0.2) is 0 Å². The van der Waals surface area contributed by atoms with Crippen molar-refractivity contribution in [3.63, 3.8) is 0 Å². The summed E-state index contributed by atoms with van der Waals surface area (Å²) in [5.74, 6) is -2.76. The molecule has 10 heteroatoms. The highest BCUT2D eigenvalue weighted by Gasteiger charge is 2.38. The Morgan fingerprint density at radius 2 is 1.67 bits per heavy atom. The first-order valence-corrected chi connectivity index (χ1v) is 8.30. The van der Waals surface area contributed by atoms with Crippen molar-refractivity contribution in [1.29, 1.82) is 0 Å². The number of carbonyl (C=O) groups is 1. The first-order chi connectivity index (χ1) is 9.33. The molecule has 0 bridgehead atoms. The lowest BCUT2D eigenvalue weighted by Crippen LogP contribution is -2.35. The van der Waals surface area contributed by atoms with Gasteiger partial charge >= 0.3 is 12.1 Å². The number of aliphatic hydroxyl groups excluding tert-OH is 1. The molecule has 1 rings (SSSR count). The average Bonchev–Trinajstić information content (AvgIpc) is 2.26. The van der Waals surface area contributed by atoms with Crippen molar-refractivity contribution in [2.75, 3.05) is 12.0 Å². The second kappa shape index (κ2) is 7.95. The summed E-state index contributed by atoms with van der Waals surface area (Å²) in [6.07, 6.45) is -1.16. The van der Waals surface area contributed by atoms with E-state index in [1.54, 1.807) is 0 Å². The summed E-state index contributed by atoms with van der Waals surface area (Å²) in [6, 6.07) is 0.233. The van der Waals surface area contributed by atoms with Gasteiger partial charge in [0.05, 0.1) is 11.9 Å². The van der Waals surface area contributed by atoms with E-state index in [0.29, 0.717) is 0 Å². The number of hydrogen-bond donors (Lipinski definition) is 3. The highest BCUT2D eigenvalue weighted by Crippen LogP contribution is 2.26. The van der Waals surface area contributed by atoms with Crippen LogP contribution >= 0.6 is 0 Å². The smallest absolute Gasteiger partial charge is 0.475 e. The molecule has 0 radical (unpaired) electrons. The van der Waals surface area contributed by atoms with Gasteiger partial charge in [-0.2, -0.15) is 13.2 Å². The molecule has 0 aromatic heterocycles. The standard InChI is InChI=1S/C9H19NO3S.C2HF3O2/c1-14(12,13)6-9(11)7-2-4-8(10)5-3-7;3-2(4,5)1(6)7/h7-9,11H,2-6,10H2,1H3;(H,6,7). The van der Waals surface area contributed by atoms with E-state index in [9.17, 15) is 26.7 Å². The van der Waals surface area contributed by atoms with E-state index in [1.165, 1.54) is 0 Å². The Hall–Kier alpha value is -0.870. The average molecular weight is 335 g/mol. The van der Waals surface area contributed by atoms with Gasteiger partial charge in [-0.25, -0.2) is 13.2 Å². The predicted molar refractivity (Wildman–Crippen MR) is 69.3 cm³/mol. The van der Waals surface area contributed by atoms with Crippen LogP contribution in [0.2, 0.25) is 0 Å². The predicted octanol–water partition coefficient (Wildman–Crippen LogP) is 0.543. The van der Waals surface area contributed by atoms with Crippen LogP contribution in [-0.2, 0) is 14.6 Å². The summed E-state index contributed by atoms with van der Waals surface area (Å²) >= 11 is 0. The molecule has 21 heavy (non-hydrogen) atoms. The zero-order valence-electron chi connectivity index (χ0n) is 11.5. The quantitative estimate of drug-likeness (QED) is 0.693. The third kappa shape index (κ3) is 9.64. The maximum atomic E-state index is 11.0. The summed E-state index contributed by atoms with van der Waals surface area (Å²) in [6.45, 7) is 0. The van der Waals surface area contributed by atoms with E-state index < -0.39 is 28.1 Å². The number of rotatable bonds is 3. The van der Waals surface area contributed by atoms with Gasteiger partial charge in [0.25, 0.3) is 0 Å². The van der Waals surface area contributed by atoms with Crippen molar-refractivity contribution in [1.82, 2.24) is 0 Å².